The summed E-state index contributed by atoms with van der Waals surface area (Å²) >= 11 is 0. The summed E-state index contributed by atoms with van der Waals surface area (Å²) in [6, 6.07) is 0.508. The Morgan fingerprint density at radius 3 is 2.56 bits per heavy atom. The summed E-state index contributed by atoms with van der Waals surface area (Å²) in [5, 5.41) is 0. The summed E-state index contributed by atoms with van der Waals surface area (Å²) in [6.07, 6.45) is 9.00. The van der Waals surface area contributed by atoms with Crippen molar-refractivity contribution in [3.8, 4) is 0 Å². The van der Waals surface area contributed by atoms with Gasteiger partial charge in [0.1, 0.15) is 0 Å². The molecule has 2 saturated carbocycles. The third-order valence-electron chi connectivity index (χ3n) is 5.24. The molecule has 92 valence electrons. The van der Waals surface area contributed by atoms with Gasteiger partial charge in [0.25, 0.3) is 0 Å². The van der Waals surface area contributed by atoms with Gasteiger partial charge in [-0.2, -0.15) is 0 Å². The van der Waals surface area contributed by atoms with Crippen molar-refractivity contribution in [1.29, 1.82) is 0 Å². The lowest BCUT2D eigenvalue weighted by Crippen LogP contribution is -2.53. The van der Waals surface area contributed by atoms with Crippen LogP contribution in [0.5, 0.6) is 0 Å². The van der Waals surface area contributed by atoms with Gasteiger partial charge in [-0.05, 0) is 56.3 Å². The van der Waals surface area contributed by atoms with Crippen LogP contribution in [0.15, 0.2) is 0 Å². The molecule has 1 saturated heterocycles. The van der Waals surface area contributed by atoms with E-state index in [-0.39, 0.29) is 5.60 Å². The molecule has 3 heteroatoms. The summed E-state index contributed by atoms with van der Waals surface area (Å²) < 4.78 is 5.99. The Hall–Kier alpha value is -0.120. The topological polar surface area (TPSA) is 47.3 Å². The Kier molecular flexibility index (Phi) is 2.54. The van der Waals surface area contributed by atoms with Gasteiger partial charge in [-0.25, -0.2) is 0 Å². The minimum atomic E-state index is 0.253. The average Bonchev–Trinajstić information content (AvgIpc) is 2.96. The molecule has 3 rings (SSSR count). The van der Waals surface area contributed by atoms with Crippen molar-refractivity contribution in [2.75, 3.05) is 6.61 Å². The van der Waals surface area contributed by atoms with Crippen molar-refractivity contribution < 1.29 is 4.74 Å². The van der Waals surface area contributed by atoms with E-state index in [4.69, 9.17) is 10.6 Å². The van der Waals surface area contributed by atoms with Crippen molar-refractivity contribution in [1.82, 2.24) is 5.43 Å². The molecule has 0 radical (unpaired) electrons. The Balaban J connectivity index is 1.68. The molecule has 3 N–H and O–H groups in total. The number of hydrogen-bond acceptors (Lipinski definition) is 3. The molecular formula is C13H24N2O. The minimum absolute atomic E-state index is 0.253. The fraction of sp³-hybridized carbons (Fsp3) is 1.00. The van der Waals surface area contributed by atoms with Crippen LogP contribution in [-0.2, 0) is 4.74 Å². The van der Waals surface area contributed by atoms with Gasteiger partial charge in [0.05, 0.1) is 5.60 Å². The molecule has 3 aliphatic rings. The predicted molar refractivity (Wildman–Crippen MR) is 63.7 cm³/mol. The van der Waals surface area contributed by atoms with Crippen molar-refractivity contribution in [3.05, 3.63) is 0 Å². The largest absolute Gasteiger partial charge is 0.375 e. The van der Waals surface area contributed by atoms with Crippen molar-refractivity contribution in [2.24, 2.45) is 17.2 Å². The molecule has 0 aromatic rings. The number of ether oxygens (including phenoxy) is 1. The SMILES string of the molecule is CC1(C(NN)C2CCOC3(CCC3)C2)CC1. The molecule has 0 amide bonds. The Morgan fingerprint density at radius 2 is 2.06 bits per heavy atom. The maximum atomic E-state index is 5.99. The molecule has 0 aromatic heterocycles. The normalized spacial score (nSPS) is 36.8. The maximum Gasteiger partial charge on any atom is 0.0685 e. The summed E-state index contributed by atoms with van der Waals surface area (Å²) in [6.45, 7) is 3.32. The van der Waals surface area contributed by atoms with Crippen molar-refractivity contribution in [2.45, 2.75) is 63.5 Å². The first-order chi connectivity index (χ1) is 7.68. The smallest absolute Gasteiger partial charge is 0.0685 e. The third-order valence-corrected chi connectivity index (χ3v) is 5.24. The molecule has 2 unspecified atom stereocenters. The zero-order chi connectivity index (χ0) is 11.2. The number of rotatable bonds is 3. The van der Waals surface area contributed by atoms with Gasteiger partial charge in [0.2, 0.25) is 0 Å². The first-order valence-corrected chi connectivity index (χ1v) is 6.78. The number of hydrogen-bond donors (Lipinski definition) is 2. The van der Waals surface area contributed by atoms with Gasteiger partial charge in [-0.3, -0.25) is 11.3 Å². The van der Waals surface area contributed by atoms with Gasteiger partial charge in [-0.15, -0.1) is 0 Å². The predicted octanol–water partition coefficient (Wildman–Crippen LogP) is 1.97. The molecule has 0 aromatic carbocycles. The zero-order valence-corrected chi connectivity index (χ0v) is 10.3. The molecule has 1 heterocycles. The summed E-state index contributed by atoms with van der Waals surface area (Å²) in [7, 11) is 0. The Bertz CT molecular complexity index is 271. The fourth-order valence-electron chi connectivity index (χ4n) is 3.68. The van der Waals surface area contributed by atoms with E-state index in [1.165, 1.54) is 44.9 Å². The van der Waals surface area contributed by atoms with E-state index in [2.05, 4.69) is 12.3 Å². The second-order valence-corrected chi connectivity index (χ2v) is 6.44. The Morgan fingerprint density at radius 1 is 1.31 bits per heavy atom. The molecule has 1 aliphatic heterocycles. The van der Waals surface area contributed by atoms with E-state index >= 15 is 0 Å². The standard InChI is InChI=1S/C13H24N2O/c1-12(6-7-12)11(15-14)10-3-8-16-13(9-10)4-2-5-13/h10-11,15H,2-9,14H2,1H3. The summed E-state index contributed by atoms with van der Waals surface area (Å²) in [5.74, 6) is 6.52. The third kappa shape index (κ3) is 1.69. The van der Waals surface area contributed by atoms with Crippen LogP contribution in [-0.4, -0.2) is 18.2 Å². The highest BCUT2D eigenvalue weighted by atomic mass is 16.5. The minimum Gasteiger partial charge on any atom is -0.375 e. The van der Waals surface area contributed by atoms with E-state index in [1.54, 1.807) is 0 Å². The van der Waals surface area contributed by atoms with E-state index in [0.717, 1.165) is 12.5 Å². The van der Waals surface area contributed by atoms with Crippen LogP contribution < -0.4 is 11.3 Å². The van der Waals surface area contributed by atoms with Crippen LogP contribution in [0.25, 0.3) is 0 Å². The van der Waals surface area contributed by atoms with Crippen LogP contribution >= 0.6 is 0 Å². The first-order valence-electron chi connectivity index (χ1n) is 6.78. The maximum absolute atomic E-state index is 5.99. The number of hydrazine groups is 1. The van der Waals surface area contributed by atoms with E-state index < -0.39 is 0 Å². The van der Waals surface area contributed by atoms with Crippen molar-refractivity contribution in [3.63, 3.8) is 0 Å². The van der Waals surface area contributed by atoms with Gasteiger partial charge in [-0.1, -0.05) is 6.92 Å². The zero-order valence-electron chi connectivity index (χ0n) is 10.3. The second kappa shape index (κ2) is 3.69. The average molecular weight is 224 g/mol. The van der Waals surface area contributed by atoms with Crippen molar-refractivity contribution >= 4 is 0 Å². The molecule has 3 nitrogen and oxygen atoms in total. The quantitative estimate of drug-likeness (QED) is 0.569. The molecule has 0 bridgehead atoms. The highest BCUT2D eigenvalue weighted by Gasteiger charge is 2.51. The lowest BCUT2D eigenvalue weighted by molar-refractivity contribution is -0.149. The highest BCUT2D eigenvalue weighted by Crippen LogP contribution is 2.54. The van der Waals surface area contributed by atoms with Gasteiger partial charge < -0.3 is 4.74 Å². The van der Waals surface area contributed by atoms with Gasteiger partial charge in [0, 0.05) is 12.6 Å². The van der Waals surface area contributed by atoms with Crippen LogP contribution in [0.1, 0.15) is 51.9 Å². The molecule has 2 atom stereocenters. The molecule has 3 fully saturated rings. The van der Waals surface area contributed by atoms with Crippen LogP contribution in [0.3, 0.4) is 0 Å². The number of nitrogens with one attached hydrogen (secondary N) is 1. The highest BCUT2D eigenvalue weighted by molar-refractivity contribution is 5.04. The second-order valence-electron chi connectivity index (χ2n) is 6.44. The lowest BCUT2D eigenvalue weighted by Gasteiger charge is -2.49. The molecule has 16 heavy (non-hydrogen) atoms. The first kappa shape index (κ1) is 11.0. The monoisotopic (exact) mass is 224 g/mol. The lowest BCUT2D eigenvalue weighted by atomic mass is 9.68. The summed E-state index contributed by atoms with van der Waals surface area (Å²) in [4.78, 5) is 0. The van der Waals surface area contributed by atoms with E-state index in [9.17, 15) is 0 Å². The van der Waals surface area contributed by atoms with Gasteiger partial charge >= 0.3 is 0 Å². The molecule has 1 spiro atoms. The molecular weight excluding hydrogens is 200 g/mol. The van der Waals surface area contributed by atoms with Crippen LogP contribution in [0.2, 0.25) is 0 Å². The summed E-state index contributed by atoms with van der Waals surface area (Å²) in [5.41, 5.74) is 3.83. The fourth-order valence-corrected chi connectivity index (χ4v) is 3.68. The van der Waals surface area contributed by atoms with Crippen LogP contribution in [0, 0.1) is 11.3 Å². The van der Waals surface area contributed by atoms with E-state index in [1.807, 2.05) is 0 Å². The number of nitrogens with two attached hydrogens (primary N) is 1. The Labute approximate surface area is 98.1 Å². The van der Waals surface area contributed by atoms with Crippen LogP contribution in [0.4, 0.5) is 0 Å². The molecule has 2 aliphatic carbocycles. The van der Waals surface area contributed by atoms with E-state index in [0.29, 0.717) is 11.5 Å². The van der Waals surface area contributed by atoms with Gasteiger partial charge in [0.15, 0.2) is 0 Å².